The fourth-order valence-corrected chi connectivity index (χ4v) is 4.25. The highest BCUT2D eigenvalue weighted by atomic mass is 16.2. The normalized spacial score (nSPS) is 31.3. The maximum atomic E-state index is 13.1. The van der Waals surface area contributed by atoms with Gasteiger partial charge in [-0.15, -0.1) is 0 Å². The number of imide groups is 2. The third-order valence-electron chi connectivity index (χ3n) is 5.64. The van der Waals surface area contributed by atoms with E-state index in [2.05, 4.69) is 4.90 Å². The van der Waals surface area contributed by atoms with E-state index in [9.17, 15) is 14.4 Å². The Labute approximate surface area is 137 Å². The molecule has 6 nitrogen and oxygen atoms in total. The van der Waals surface area contributed by atoms with Gasteiger partial charge in [-0.1, -0.05) is 19.3 Å². The predicted octanol–water partition coefficient (Wildman–Crippen LogP) is 1.84. The highest BCUT2D eigenvalue weighted by Gasteiger charge is 2.55. The summed E-state index contributed by atoms with van der Waals surface area (Å²) in [6.45, 7) is 3.99. The molecule has 4 amide bonds. The Hall–Kier alpha value is -1.43. The van der Waals surface area contributed by atoms with Crippen LogP contribution in [-0.2, 0) is 9.59 Å². The number of likely N-dealkylation sites (tertiary alicyclic amines) is 1. The lowest BCUT2D eigenvalue weighted by Crippen LogP contribution is -2.67. The molecular weight excluding hydrogens is 294 g/mol. The van der Waals surface area contributed by atoms with Crippen molar-refractivity contribution in [1.29, 1.82) is 0 Å². The second-order valence-electron chi connectivity index (χ2n) is 7.43. The van der Waals surface area contributed by atoms with Crippen LogP contribution in [0.5, 0.6) is 0 Å². The van der Waals surface area contributed by atoms with E-state index in [1.165, 1.54) is 11.9 Å². The van der Waals surface area contributed by atoms with E-state index in [4.69, 9.17) is 0 Å². The summed E-state index contributed by atoms with van der Waals surface area (Å²) in [7, 11) is 1.51. The van der Waals surface area contributed by atoms with Crippen LogP contribution >= 0.6 is 0 Å². The van der Waals surface area contributed by atoms with Crippen LogP contribution in [0.3, 0.4) is 0 Å². The molecule has 2 heterocycles. The maximum Gasteiger partial charge on any atom is 0.333 e. The van der Waals surface area contributed by atoms with Gasteiger partial charge in [0, 0.05) is 19.6 Å². The standard InChI is InChI=1S/C17H27N3O3/c1-17(12-19-10-6-7-11-19)14(21)18(2)16(23)20(15(17)22)13-8-4-3-5-9-13/h13H,3-12H2,1-2H3/t17-/m0/s1. The van der Waals surface area contributed by atoms with E-state index in [0.717, 1.165) is 62.9 Å². The van der Waals surface area contributed by atoms with E-state index in [0.29, 0.717) is 6.54 Å². The number of amides is 4. The molecule has 0 unspecified atom stereocenters. The fraction of sp³-hybridized carbons (Fsp3) is 0.824. The number of hydrogen-bond donors (Lipinski definition) is 0. The number of carbonyl (C=O) groups is 3. The average Bonchev–Trinajstić information content (AvgIpc) is 3.06. The first-order valence-corrected chi connectivity index (χ1v) is 8.83. The summed E-state index contributed by atoms with van der Waals surface area (Å²) in [5.41, 5.74) is -1.13. The first kappa shape index (κ1) is 16.4. The van der Waals surface area contributed by atoms with Gasteiger partial charge < -0.3 is 4.90 Å². The lowest BCUT2D eigenvalue weighted by Gasteiger charge is -2.45. The second kappa shape index (κ2) is 6.23. The second-order valence-corrected chi connectivity index (χ2v) is 7.43. The summed E-state index contributed by atoms with van der Waals surface area (Å²) in [5, 5.41) is 0. The van der Waals surface area contributed by atoms with Crippen LogP contribution < -0.4 is 0 Å². The van der Waals surface area contributed by atoms with Gasteiger partial charge in [0.1, 0.15) is 5.41 Å². The van der Waals surface area contributed by atoms with Crippen molar-refractivity contribution in [3.63, 3.8) is 0 Å². The van der Waals surface area contributed by atoms with E-state index in [-0.39, 0.29) is 17.9 Å². The highest BCUT2D eigenvalue weighted by Crippen LogP contribution is 2.35. The van der Waals surface area contributed by atoms with Crippen molar-refractivity contribution in [1.82, 2.24) is 14.7 Å². The monoisotopic (exact) mass is 321 g/mol. The summed E-state index contributed by atoms with van der Waals surface area (Å²) in [6.07, 6.45) is 7.19. The minimum absolute atomic E-state index is 0.0443. The van der Waals surface area contributed by atoms with Crippen molar-refractivity contribution in [2.24, 2.45) is 5.41 Å². The Balaban J connectivity index is 1.86. The van der Waals surface area contributed by atoms with Crippen LogP contribution in [0.15, 0.2) is 0 Å². The molecule has 1 aliphatic carbocycles. The number of nitrogens with zero attached hydrogens (tertiary/aromatic N) is 3. The largest absolute Gasteiger partial charge is 0.333 e. The molecular formula is C17H27N3O3. The Morgan fingerprint density at radius 1 is 0.957 bits per heavy atom. The minimum Gasteiger partial charge on any atom is -0.302 e. The molecule has 1 saturated carbocycles. The zero-order valence-electron chi connectivity index (χ0n) is 14.2. The molecule has 3 aliphatic rings. The molecule has 2 aliphatic heterocycles. The van der Waals surface area contributed by atoms with Crippen molar-refractivity contribution >= 4 is 17.8 Å². The molecule has 3 rings (SSSR count). The van der Waals surface area contributed by atoms with Gasteiger partial charge in [-0.2, -0.15) is 0 Å². The molecule has 2 saturated heterocycles. The topological polar surface area (TPSA) is 60.9 Å². The van der Waals surface area contributed by atoms with Crippen LogP contribution in [-0.4, -0.2) is 65.3 Å². The zero-order valence-corrected chi connectivity index (χ0v) is 14.2. The summed E-state index contributed by atoms with van der Waals surface area (Å²) >= 11 is 0. The van der Waals surface area contributed by atoms with Crippen LogP contribution in [0, 0.1) is 5.41 Å². The first-order chi connectivity index (χ1) is 10.9. The van der Waals surface area contributed by atoms with Crippen molar-refractivity contribution in [3.8, 4) is 0 Å². The van der Waals surface area contributed by atoms with E-state index in [1.807, 2.05) is 0 Å². The lowest BCUT2D eigenvalue weighted by molar-refractivity contribution is -0.159. The van der Waals surface area contributed by atoms with E-state index < -0.39 is 11.4 Å². The van der Waals surface area contributed by atoms with E-state index in [1.54, 1.807) is 6.92 Å². The van der Waals surface area contributed by atoms with Crippen molar-refractivity contribution in [2.45, 2.75) is 57.9 Å². The molecule has 0 bridgehead atoms. The van der Waals surface area contributed by atoms with Gasteiger partial charge in [0.15, 0.2) is 0 Å². The number of rotatable bonds is 3. The molecule has 0 spiro atoms. The SMILES string of the molecule is CN1C(=O)N(C2CCCCC2)C(=O)[C@@](C)(CN2CCCC2)C1=O. The van der Waals surface area contributed by atoms with Gasteiger partial charge >= 0.3 is 6.03 Å². The molecule has 0 N–H and O–H groups in total. The first-order valence-electron chi connectivity index (χ1n) is 8.83. The number of carbonyl (C=O) groups excluding carboxylic acids is 3. The zero-order chi connectivity index (χ0) is 16.6. The van der Waals surface area contributed by atoms with Gasteiger partial charge in [0.25, 0.3) is 0 Å². The third kappa shape index (κ3) is 2.77. The van der Waals surface area contributed by atoms with E-state index >= 15 is 0 Å². The van der Waals surface area contributed by atoms with Gasteiger partial charge in [0.2, 0.25) is 11.8 Å². The van der Waals surface area contributed by atoms with Gasteiger partial charge in [-0.05, 0) is 45.7 Å². The summed E-state index contributed by atoms with van der Waals surface area (Å²) < 4.78 is 0. The van der Waals surface area contributed by atoms with Gasteiger partial charge in [-0.25, -0.2) is 4.79 Å². The van der Waals surface area contributed by atoms with Crippen LogP contribution in [0.2, 0.25) is 0 Å². The van der Waals surface area contributed by atoms with Crippen LogP contribution in [0.1, 0.15) is 51.9 Å². The molecule has 128 valence electrons. The maximum absolute atomic E-state index is 13.1. The smallest absolute Gasteiger partial charge is 0.302 e. The molecule has 0 aromatic heterocycles. The number of urea groups is 1. The summed E-state index contributed by atoms with van der Waals surface area (Å²) in [6, 6.07) is -0.483. The van der Waals surface area contributed by atoms with Crippen molar-refractivity contribution in [3.05, 3.63) is 0 Å². The molecule has 0 aromatic carbocycles. The highest BCUT2D eigenvalue weighted by molar-refractivity contribution is 6.19. The number of barbiturate groups is 1. The Kier molecular flexibility index (Phi) is 4.45. The molecule has 6 heteroatoms. The Morgan fingerprint density at radius 3 is 2.17 bits per heavy atom. The molecule has 0 radical (unpaired) electrons. The molecule has 3 fully saturated rings. The Morgan fingerprint density at radius 2 is 1.57 bits per heavy atom. The minimum atomic E-state index is -1.13. The van der Waals surface area contributed by atoms with Crippen LogP contribution in [0.4, 0.5) is 4.79 Å². The quantitative estimate of drug-likeness (QED) is 0.744. The number of hydrogen-bond acceptors (Lipinski definition) is 4. The Bertz CT molecular complexity index is 509. The van der Waals surface area contributed by atoms with Crippen LogP contribution in [0.25, 0.3) is 0 Å². The fourth-order valence-electron chi connectivity index (χ4n) is 4.25. The lowest BCUT2D eigenvalue weighted by atomic mass is 9.82. The van der Waals surface area contributed by atoms with Crippen molar-refractivity contribution in [2.75, 3.05) is 26.7 Å². The van der Waals surface area contributed by atoms with Crippen molar-refractivity contribution < 1.29 is 14.4 Å². The molecule has 23 heavy (non-hydrogen) atoms. The third-order valence-corrected chi connectivity index (χ3v) is 5.64. The summed E-state index contributed by atoms with van der Waals surface area (Å²) in [4.78, 5) is 43.2. The summed E-state index contributed by atoms with van der Waals surface area (Å²) in [5.74, 6) is -0.643. The molecule has 1 atom stereocenters. The van der Waals surface area contributed by atoms with Gasteiger partial charge in [-0.3, -0.25) is 19.4 Å². The predicted molar refractivity (Wildman–Crippen MR) is 85.7 cm³/mol. The van der Waals surface area contributed by atoms with Gasteiger partial charge in [0.05, 0.1) is 0 Å². The average molecular weight is 321 g/mol. The molecule has 0 aromatic rings.